The third-order valence-corrected chi connectivity index (χ3v) is 3.98. The monoisotopic (exact) mass is 354 g/mol. The molecule has 0 aliphatic carbocycles. The van der Waals surface area contributed by atoms with Gasteiger partial charge in [-0.1, -0.05) is 25.0 Å². The molecule has 0 unspecified atom stereocenters. The Labute approximate surface area is 154 Å². The Morgan fingerprint density at radius 1 is 1.00 bits per heavy atom. The van der Waals surface area contributed by atoms with Crippen molar-refractivity contribution in [3.63, 3.8) is 0 Å². The second-order valence-corrected chi connectivity index (χ2v) is 6.12. The van der Waals surface area contributed by atoms with Crippen LogP contribution in [-0.2, 0) is 11.3 Å². The largest absolute Gasteiger partial charge is 0.352 e. The molecule has 0 bridgehead atoms. The lowest BCUT2D eigenvalue weighted by molar-refractivity contribution is -0.121. The average molecular weight is 354 g/mol. The molecule has 1 heterocycles. The highest BCUT2D eigenvalue weighted by Gasteiger charge is 2.06. The van der Waals surface area contributed by atoms with Crippen LogP contribution in [0.15, 0.2) is 48.8 Å². The molecule has 138 valence electrons. The Morgan fingerprint density at radius 2 is 1.77 bits per heavy atom. The fourth-order valence-electron chi connectivity index (χ4n) is 2.48. The molecule has 0 aliphatic rings. The van der Waals surface area contributed by atoms with Crippen LogP contribution in [0.25, 0.3) is 0 Å². The van der Waals surface area contributed by atoms with Crippen molar-refractivity contribution in [2.45, 2.75) is 38.6 Å². The highest BCUT2D eigenvalue weighted by atomic mass is 16.2. The van der Waals surface area contributed by atoms with Gasteiger partial charge in [-0.2, -0.15) is 0 Å². The van der Waals surface area contributed by atoms with Crippen LogP contribution in [0.4, 0.5) is 5.69 Å². The van der Waals surface area contributed by atoms with Gasteiger partial charge in [0.2, 0.25) is 5.91 Å². The first-order valence-electron chi connectivity index (χ1n) is 8.96. The van der Waals surface area contributed by atoms with E-state index in [9.17, 15) is 9.59 Å². The summed E-state index contributed by atoms with van der Waals surface area (Å²) in [5.41, 5.74) is 7.64. The number of carbonyl (C=O) groups excluding carboxylic acids is 2. The molecule has 0 fully saturated rings. The summed E-state index contributed by atoms with van der Waals surface area (Å²) >= 11 is 0. The van der Waals surface area contributed by atoms with Gasteiger partial charge >= 0.3 is 0 Å². The number of nitrogens with zero attached hydrogens (tertiary/aromatic N) is 1. The van der Waals surface area contributed by atoms with Gasteiger partial charge in [-0.15, -0.1) is 0 Å². The first-order chi connectivity index (χ1) is 12.7. The van der Waals surface area contributed by atoms with Crippen LogP contribution in [0.1, 0.15) is 48.0 Å². The molecular formula is C20H26N4O2. The van der Waals surface area contributed by atoms with Gasteiger partial charge in [0, 0.05) is 31.0 Å². The number of benzene rings is 1. The minimum atomic E-state index is -0.200. The Kier molecular flexibility index (Phi) is 8.29. The standard InChI is InChI=1S/C20H26N4O2/c21-12-4-2-1-3-7-19(25)23-14-16-8-10-18(11-9-16)24-20(26)17-6-5-13-22-15-17/h5-6,8-11,13,15H,1-4,7,12,14,21H2,(H,23,25)(H,24,26). The predicted octanol–water partition coefficient (Wildman–Crippen LogP) is 2.86. The van der Waals surface area contributed by atoms with Gasteiger partial charge in [0.1, 0.15) is 0 Å². The van der Waals surface area contributed by atoms with Crippen molar-refractivity contribution in [3.8, 4) is 0 Å². The molecule has 26 heavy (non-hydrogen) atoms. The number of carbonyl (C=O) groups is 2. The number of hydrogen-bond acceptors (Lipinski definition) is 4. The first kappa shape index (κ1) is 19.6. The lowest BCUT2D eigenvalue weighted by atomic mass is 10.1. The van der Waals surface area contributed by atoms with Gasteiger partial charge in [0.15, 0.2) is 0 Å². The molecule has 0 radical (unpaired) electrons. The number of hydrogen-bond donors (Lipinski definition) is 3. The van der Waals surface area contributed by atoms with E-state index in [1.165, 1.54) is 6.20 Å². The molecule has 2 aromatic rings. The van der Waals surface area contributed by atoms with Crippen molar-refractivity contribution >= 4 is 17.5 Å². The van der Waals surface area contributed by atoms with Gasteiger partial charge in [-0.25, -0.2) is 0 Å². The van der Waals surface area contributed by atoms with Gasteiger partial charge < -0.3 is 16.4 Å². The maximum Gasteiger partial charge on any atom is 0.257 e. The summed E-state index contributed by atoms with van der Waals surface area (Å²) in [5, 5.41) is 5.74. The lowest BCUT2D eigenvalue weighted by Gasteiger charge is -2.08. The van der Waals surface area contributed by atoms with Crippen molar-refractivity contribution in [2.75, 3.05) is 11.9 Å². The first-order valence-corrected chi connectivity index (χ1v) is 8.96. The number of nitrogens with two attached hydrogens (primary N) is 1. The number of anilines is 1. The number of rotatable bonds is 10. The van der Waals surface area contributed by atoms with Crippen molar-refractivity contribution in [1.82, 2.24) is 10.3 Å². The topological polar surface area (TPSA) is 97.1 Å². The highest BCUT2D eigenvalue weighted by Crippen LogP contribution is 2.11. The van der Waals surface area contributed by atoms with Crippen molar-refractivity contribution in [3.05, 3.63) is 59.9 Å². The van der Waals surface area contributed by atoms with Crippen LogP contribution in [0.5, 0.6) is 0 Å². The number of aromatic nitrogens is 1. The van der Waals surface area contributed by atoms with Gasteiger partial charge in [0.25, 0.3) is 5.91 Å². The maximum atomic E-state index is 12.1. The quantitative estimate of drug-likeness (QED) is 0.572. The fourth-order valence-corrected chi connectivity index (χ4v) is 2.48. The van der Waals surface area contributed by atoms with Crippen molar-refractivity contribution in [2.24, 2.45) is 5.73 Å². The van der Waals surface area contributed by atoms with Crippen LogP contribution in [-0.4, -0.2) is 23.3 Å². The summed E-state index contributed by atoms with van der Waals surface area (Å²) in [7, 11) is 0. The third-order valence-electron chi connectivity index (χ3n) is 3.98. The highest BCUT2D eigenvalue weighted by molar-refractivity contribution is 6.03. The summed E-state index contributed by atoms with van der Waals surface area (Å²) in [5.74, 6) is -0.138. The minimum Gasteiger partial charge on any atom is -0.352 e. The van der Waals surface area contributed by atoms with E-state index in [1.54, 1.807) is 18.3 Å². The normalized spacial score (nSPS) is 10.3. The molecule has 2 amide bonds. The smallest absolute Gasteiger partial charge is 0.257 e. The fraction of sp³-hybridized carbons (Fsp3) is 0.350. The lowest BCUT2D eigenvalue weighted by Crippen LogP contribution is -2.22. The van der Waals surface area contributed by atoms with Crippen LogP contribution in [0.2, 0.25) is 0 Å². The zero-order chi connectivity index (χ0) is 18.6. The van der Waals surface area contributed by atoms with E-state index in [-0.39, 0.29) is 11.8 Å². The van der Waals surface area contributed by atoms with Crippen LogP contribution in [0.3, 0.4) is 0 Å². The molecule has 0 atom stereocenters. The molecule has 6 heteroatoms. The van der Waals surface area contributed by atoms with Crippen LogP contribution >= 0.6 is 0 Å². The van der Waals surface area contributed by atoms with Gasteiger partial charge in [-0.3, -0.25) is 14.6 Å². The molecular weight excluding hydrogens is 328 g/mol. The van der Waals surface area contributed by atoms with E-state index < -0.39 is 0 Å². The molecule has 4 N–H and O–H groups in total. The average Bonchev–Trinajstić information content (AvgIpc) is 2.68. The molecule has 1 aromatic carbocycles. The summed E-state index contributed by atoms with van der Waals surface area (Å²) in [4.78, 5) is 27.8. The Bertz CT molecular complexity index is 687. The van der Waals surface area contributed by atoms with Gasteiger partial charge in [0.05, 0.1) is 5.56 Å². The van der Waals surface area contributed by atoms with E-state index in [0.29, 0.717) is 30.8 Å². The third kappa shape index (κ3) is 7.03. The van der Waals surface area contributed by atoms with E-state index in [1.807, 2.05) is 24.3 Å². The Balaban J connectivity index is 1.72. The van der Waals surface area contributed by atoms with Crippen LogP contribution < -0.4 is 16.4 Å². The van der Waals surface area contributed by atoms with Crippen molar-refractivity contribution in [1.29, 1.82) is 0 Å². The van der Waals surface area contributed by atoms with Gasteiger partial charge in [-0.05, 0) is 49.2 Å². The van der Waals surface area contributed by atoms with E-state index >= 15 is 0 Å². The van der Waals surface area contributed by atoms with Crippen LogP contribution in [0, 0.1) is 0 Å². The minimum absolute atomic E-state index is 0.0618. The SMILES string of the molecule is NCCCCCCC(=O)NCc1ccc(NC(=O)c2cccnc2)cc1. The molecule has 0 spiro atoms. The summed E-state index contributed by atoms with van der Waals surface area (Å²) in [6, 6.07) is 10.9. The van der Waals surface area contributed by atoms with E-state index in [2.05, 4.69) is 15.6 Å². The summed E-state index contributed by atoms with van der Waals surface area (Å²) < 4.78 is 0. The molecule has 0 saturated carbocycles. The summed E-state index contributed by atoms with van der Waals surface area (Å²) in [6.45, 7) is 1.20. The molecule has 6 nitrogen and oxygen atoms in total. The second-order valence-electron chi connectivity index (χ2n) is 6.12. The van der Waals surface area contributed by atoms with E-state index in [0.717, 1.165) is 31.2 Å². The number of amides is 2. The number of unbranched alkanes of at least 4 members (excludes halogenated alkanes) is 3. The summed E-state index contributed by atoms with van der Waals surface area (Å²) in [6.07, 6.45) is 7.72. The zero-order valence-electron chi connectivity index (χ0n) is 14.9. The molecule has 0 saturated heterocycles. The van der Waals surface area contributed by atoms with E-state index in [4.69, 9.17) is 5.73 Å². The predicted molar refractivity (Wildman–Crippen MR) is 103 cm³/mol. The maximum absolute atomic E-state index is 12.1. The molecule has 2 rings (SSSR count). The number of pyridine rings is 1. The molecule has 1 aromatic heterocycles. The Morgan fingerprint density at radius 3 is 2.46 bits per heavy atom. The Hall–Kier alpha value is -2.73. The van der Waals surface area contributed by atoms with Crippen molar-refractivity contribution < 1.29 is 9.59 Å². The zero-order valence-corrected chi connectivity index (χ0v) is 14.9. The second kappa shape index (κ2) is 11.0. The number of nitrogens with one attached hydrogen (secondary N) is 2. The molecule has 0 aliphatic heterocycles.